The summed E-state index contributed by atoms with van der Waals surface area (Å²) in [5.74, 6) is 1.01. The van der Waals surface area contributed by atoms with Crippen LogP contribution in [0.1, 0.15) is 24.2 Å². The Bertz CT molecular complexity index is 732. The second-order valence-electron chi connectivity index (χ2n) is 5.04. The lowest BCUT2D eigenvalue weighted by Gasteiger charge is -2.13. The number of carbonyl (C=O) groups excluding carboxylic acids is 1. The average Bonchev–Trinajstić information content (AvgIpc) is 3.19. The summed E-state index contributed by atoms with van der Waals surface area (Å²) < 4.78 is 10.4. The molecule has 0 saturated heterocycles. The molecule has 0 saturated carbocycles. The topological polar surface area (TPSA) is 68.3 Å². The number of furan rings is 1. The highest BCUT2D eigenvalue weighted by Gasteiger charge is 2.14. The van der Waals surface area contributed by atoms with Crippen LogP contribution in [0.5, 0.6) is 0 Å². The van der Waals surface area contributed by atoms with E-state index >= 15 is 0 Å². The Morgan fingerprint density at radius 3 is 2.73 bits per heavy atom. The van der Waals surface area contributed by atoms with Crippen molar-refractivity contribution in [1.29, 1.82) is 0 Å². The summed E-state index contributed by atoms with van der Waals surface area (Å²) in [5, 5.41) is 6.84. The van der Waals surface area contributed by atoms with Gasteiger partial charge in [-0.15, -0.1) is 0 Å². The molecular weight excluding hydrogens is 280 g/mol. The van der Waals surface area contributed by atoms with E-state index in [1.807, 2.05) is 37.3 Å². The predicted octanol–water partition coefficient (Wildman–Crippen LogP) is 3.35. The van der Waals surface area contributed by atoms with Crippen molar-refractivity contribution in [2.45, 2.75) is 19.4 Å². The lowest BCUT2D eigenvalue weighted by Crippen LogP contribution is -2.28. The molecule has 0 aliphatic carbocycles. The summed E-state index contributed by atoms with van der Waals surface area (Å²) in [6.45, 7) is 1.95. The fourth-order valence-corrected chi connectivity index (χ4v) is 2.21. The van der Waals surface area contributed by atoms with Crippen LogP contribution in [0, 0.1) is 0 Å². The number of benzene rings is 1. The Balaban J connectivity index is 1.60. The molecule has 0 unspecified atom stereocenters. The second kappa shape index (κ2) is 6.30. The first-order chi connectivity index (χ1) is 10.7. The van der Waals surface area contributed by atoms with Gasteiger partial charge in [0.25, 0.3) is 0 Å². The zero-order valence-electron chi connectivity index (χ0n) is 12.2. The molecule has 112 valence electrons. The van der Waals surface area contributed by atoms with E-state index in [1.54, 1.807) is 24.5 Å². The summed E-state index contributed by atoms with van der Waals surface area (Å²) in [5.41, 5.74) is 1.64. The molecule has 0 bridgehead atoms. The molecule has 2 aromatic heterocycles. The Morgan fingerprint density at radius 2 is 2.00 bits per heavy atom. The molecule has 22 heavy (non-hydrogen) atoms. The van der Waals surface area contributed by atoms with Gasteiger partial charge in [0.05, 0.1) is 24.4 Å². The summed E-state index contributed by atoms with van der Waals surface area (Å²) >= 11 is 0. The highest BCUT2D eigenvalue weighted by molar-refractivity contribution is 5.78. The van der Waals surface area contributed by atoms with Crippen molar-refractivity contribution in [2.24, 2.45) is 0 Å². The average molecular weight is 296 g/mol. The number of nitrogens with one attached hydrogen (secondary N) is 1. The molecule has 0 aliphatic heterocycles. The predicted molar refractivity (Wildman–Crippen MR) is 80.9 cm³/mol. The molecule has 1 amide bonds. The minimum absolute atomic E-state index is 0.0508. The van der Waals surface area contributed by atoms with Crippen LogP contribution < -0.4 is 5.32 Å². The van der Waals surface area contributed by atoms with Crippen LogP contribution in [0.3, 0.4) is 0 Å². The number of amides is 1. The SMILES string of the molecule is C[C@H](NC(=O)Cc1cc(-c2ccco2)on1)c1ccccc1. The molecule has 0 radical (unpaired) electrons. The van der Waals surface area contributed by atoms with Gasteiger partial charge < -0.3 is 14.3 Å². The monoisotopic (exact) mass is 296 g/mol. The number of rotatable bonds is 5. The Morgan fingerprint density at radius 1 is 1.18 bits per heavy atom. The number of hydrogen-bond donors (Lipinski definition) is 1. The minimum atomic E-state index is -0.101. The first-order valence-corrected chi connectivity index (χ1v) is 7.06. The van der Waals surface area contributed by atoms with Crippen molar-refractivity contribution < 1.29 is 13.7 Å². The van der Waals surface area contributed by atoms with Crippen molar-refractivity contribution in [3.8, 4) is 11.5 Å². The Kier molecular flexibility index (Phi) is 4.05. The molecule has 1 atom stereocenters. The van der Waals surface area contributed by atoms with Crippen LogP contribution in [0.15, 0.2) is 63.7 Å². The molecule has 5 heteroatoms. The van der Waals surface area contributed by atoms with Crippen molar-refractivity contribution >= 4 is 5.91 Å². The molecule has 0 aliphatic rings. The molecule has 0 fully saturated rings. The lowest BCUT2D eigenvalue weighted by molar-refractivity contribution is -0.121. The van der Waals surface area contributed by atoms with E-state index in [9.17, 15) is 4.79 Å². The maximum Gasteiger partial charge on any atom is 0.226 e. The minimum Gasteiger partial charge on any atom is -0.461 e. The Labute approximate surface area is 127 Å². The molecule has 0 spiro atoms. The quantitative estimate of drug-likeness (QED) is 0.784. The molecular formula is C17H16N2O3. The van der Waals surface area contributed by atoms with Crippen molar-refractivity contribution in [3.63, 3.8) is 0 Å². The van der Waals surface area contributed by atoms with Crippen molar-refractivity contribution in [1.82, 2.24) is 10.5 Å². The van der Waals surface area contributed by atoms with Crippen LogP contribution >= 0.6 is 0 Å². The summed E-state index contributed by atoms with van der Waals surface area (Å²) in [7, 11) is 0. The van der Waals surface area contributed by atoms with Gasteiger partial charge in [0.1, 0.15) is 0 Å². The zero-order valence-corrected chi connectivity index (χ0v) is 12.2. The van der Waals surface area contributed by atoms with Gasteiger partial charge in [-0.2, -0.15) is 0 Å². The van der Waals surface area contributed by atoms with Gasteiger partial charge in [-0.3, -0.25) is 4.79 Å². The number of carbonyl (C=O) groups is 1. The number of nitrogens with zero attached hydrogens (tertiary/aromatic N) is 1. The van der Waals surface area contributed by atoms with E-state index in [4.69, 9.17) is 8.94 Å². The largest absolute Gasteiger partial charge is 0.461 e. The standard InChI is InChI=1S/C17H16N2O3/c1-12(13-6-3-2-4-7-13)18-17(20)11-14-10-16(22-19-14)15-8-5-9-21-15/h2-10,12H,11H2,1H3,(H,18,20)/t12-/m0/s1. The smallest absolute Gasteiger partial charge is 0.226 e. The Hall–Kier alpha value is -2.82. The van der Waals surface area contributed by atoms with Crippen molar-refractivity contribution in [3.05, 3.63) is 66.1 Å². The molecule has 5 nitrogen and oxygen atoms in total. The molecule has 3 aromatic rings. The first-order valence-electron chi connectivity index (χ1n) is 7.06. The van der Waals surface area contributed by atoms with E-state index < -0.39 is 0 Å². The number of hydrogen-bond acceptors (Lipinski definition) is 4. The van der Waals surface area contributed by atoms with Gasteiger partial charge in [-0.05, 0) is 24.6 Å². The maximum atomic E-state index is 12.1. The van der Waals surface area contributed by atoms with Gasteiger partial charge >= 0.3 is 0 Å². The molecule has 2 heterocycles. The third-order valence-electron chi connectivity index (χ3n) is 3.34. The van der Waals surface area contributed by atoms with Gasteiger partial charge in [0.15, 0.2) is 5.76 Å². The fraction of sp³-hybridized carbons (Fsp3) is 0.176. The van der Waals surface area contributed by atoms with Gasteiger partial charge in [0, 0.05) is 6.07 Å². The zero-order chi connectivity index (χ0) is 15.4. The number of aromatic nitrogens is 1. The normalized spacial score (nSPS) is 12.0. The molecule has 3 rings (SSSR count). The summed E-state index contributed by atoms with van der Waals surface area (Å²) in [6, 6.07) is 15.0. The van der Waals surface area contributed by atoms with Gasteiger partial charge in [-0.25, -0.2) is 0 Å². The van der Waals surface area contributed by atoms with Crippen LogP contribution in [0.2, 0.25) is 0 Å². The highest BCUT2D eigenvalue weighted by atomic mass is 16.5. The van der Waals surface area contributed by atoms with Gasteiger partial charge in [-0.1, -0.05) is 35.5 Å². The van der Waals surface area contributed by atoms with Crippen LogP contribution in [0.4, 0.5) is 0 Å². The van der Waals surface area contributed by atoms with E-state index in [2.05, 4.69) is 10.5 Å². The fourth-order valence-electron chi connectivity index (χ4n) is 2.21. The van der Waals surface area contributed by atoms with E-state index in [0.29, 0.717) is 17.2 Å². The maximum absolute atomic E-state index is 12.1. The van der Waals surface area contributed by atoms with E-state index in [-0.39, 0.29) is 18.4 Å². The van der Waals surface area contributed by atoms with Gasteiger partial charge in [0.2, 0.25) is 11.7 Å². The van der Waals surface area contributed by atoms with Crippen LogP contribution in [-0.4, -0.2) is 11.1 Å². The molecule has 1 N–H and O–H groups in total. The van der Waals surface area contributed by atoms with E-state index in [1.165, 1.54) is 0 Å². The first kappa shape index (κ1) is 14.1. The third kappa shape index (κ3) is 3.25. The van der Waals surface area contributed by atoms with Crippen LogP contribution in [-0.2, 0) is 11.2 Å². The third-order valence-corrected chi connectivity index (χ3v) is 3.34. The van der Waals surface area contributed by atoms with Crippen molar-refractivity contribution in [2.75, 3.05) is 0 Å². The summed E-state index contributed by atoms with van der Waals surface area (Å²) in [6.07, 6.45) is 1.73. The lowest BCUT2D eigenvalue weighted by atomic mass is 10.1. The van der Waals surface area contributed by atoms with E-state index in [0.717, 1.165) is 5.56 Å². The summed E-state index contributed by atoms with van der Waals surface area (Å²) in [4.78, 5) is 12.1. The molecule has 1 aromatic carbocycles. The second-order valence-corrected chi connectivity index (χ2v) is 5.04. The highest BCUT2D eigenvalue weighted by Crippen LogP contribution is 2.20. The van der Waals surface area contributed by atoms with Crippen LogP contribution in [0.25, 0.3) is 11.5 Å².